The summed E-state index contributed by atoms with van der Waals surface area (Å²) in [6, 6.07) is 1.90. The van der Waals surface area contributed by atoms with Crippen LogP contribution in [0.3, 0.4) is 0 Å². The van der Waals surface area contributed by atoms with E-state index in [1.54, 1.807) is 0 Å². The molecule has 2 heterocycles. The summed E-state index contributed by atoms with van der Waals surface area (Å²) >= 11 is 2.65. The minimum atomic E-state index is -0.135. The van der Waals surface area contributed by atoms with E-state index in [-0.39, 0.29) is 11.7 Å². The highest BCUT2D eigenvalue weighted by Crippen LogP contribution is 2.16. The normalized spacial score (nSPS) is 10.5. The summed E-state index contributed by atoms with van der Waals surface area (Å²) in [7, 11) is 0. The number of hydrogen-bond acceptors (Lipinski definition) is 7. The fraction of sp³-hybridized carbons (Fsp3) is 0.364. The van der Waals surface area contributed by atoms with Gasteiger partial charge < -0.3 is 0 Å². The highest BCUT2D eigenvalue weighted by molar-refractivity contribution is 7.99. The van der Waals surface area contributed by atoms with E-state index in [1.807, 2.05) is 26.8 Å². The van der Waals surface area contributed by atoms with Crippen LogP contribution in [0, 0.1) is 20.8 Å². The van der Waals surface area contributed by atoms with Gasteiger partial charge in [-0.2, -0.15) is 0 Å². The quantitative estimate of drug-likeness (QED) is 0.686. The average Bonchev–Trinajstić information content (AvgIpc) is 2.71. The Morgan fingerprint density at radius 3 is 2.53 bits per heavy atom. The highest BCUT2D eigenvalue weighted by Gasteiger charge is 2.08. The van der Waals surface area contributed by atoms with Crippen molar-refractivity contribution in [1.29, 1.82) is 0 Å². The molecule has 2 rings (SSSR count). The fourth-order valence-corrected chi connectivity index (χ4v) is 2.75. The topological polar surface area (TPSA) is 80.7 Å². The van der Waals surface area contributed by atoms with Gasteiger partial charge in [0.25, 0.3) is 0 Å². The summed E-state index contributed by atoms with van der Waals surface area (Å²) in [6.45, 7) is 5.65. The zero-order valence-corrected chi connectivity index (χ0v) is 12.4. The van der Waals surface area contributed by atoms with E-state index in [9.17, 15) is 4.79 Å². The number of thioether (sulfide) groups is 1. The Kier molecular flexibility index (Phi) is 4.43. The van der Waals surface area contributed by atoms with Gasteiger partial charge in [0, 0.05) is 11.4 Å². The van der Waals surface area contributed by atoms with E-state index < -0.39 is 0 Å². The van der Waals surface area contributed by atoms with Crippen LogP contribution < -0.4 is 5.32 Å². The van der Waals surface area contributed by atoms with Gasteiger partial charge in [-0.1, -0.05) is 23.1 Å². The van der Waals surface area contributed by atoms with E-state index in [1.165, 1.54) is 23.1 Å². The van der Waals surface area contributed by atoms with E-state index >= 15 is 0 Å². The van der Waals surface area contributed by atoms with Crippen molar-refractivity contribution < 1.29 is 4.79 Å². The van der Waals surface area contributed by atoms with Gasteiger partial charge in [-0.05, 0) is 26.8 Å². The highest BCUT2D eigenvalue weighted by atomic mass is 32.2. The number of nitrogens with one attached hydrogen (secondary N) is 1. The van der Waals surface area contributed by atoms with Crippen molar-refractivity contribution in [1.82, 2.24) is 20.2 Å². The Hall–Kier alpha value is -1.54. The molecule has 2 aromatic rings. The largest absolute Gasteiger partial charge is 0.300 e. The standard InChI is InChI=1S/C11H13N5OS2/c1-6-4-7(2)13-10(12-6)18-5-9(17)14-11-16-15-8(3)19-11/h4H,5H2,1-3H3,(H,14,16,17). The van der Waals surface area contributed by atoms with Crippen LogP contribution in [0.2, 0.25) is 0 Å². The summed E-state index contributed by atoms with van der Waals surface area (Å²) in [4.78, 5) is 20.2. The molecule has 0 aliphatic carbocycles. The summed E-state index contributed by atoms with van der Waals surface area (Å²) in [5.41, 5.74) is 1.80. The van der Waals surface area contributed by atoms with Crippen molar-refractivity contribution in [2.75, 3.05) is 11.1 Å². The van der Waals surface area contributed by atoms with Crippen molar-refractivity contribution >= 4 is 34.1 Å². The molecule has 1 amide bonds. The summed E-state index contributed by atoms with van der Waals surface area (Å²) in [5.74, 6) is 0.116. The van der Waals surface area contributed by atoms with Crippen LogP contribution in [0.5, 0.6) is 0 Å². The Morgan fingerprint density at radius 1 is 1.26 bits per heavy atom. The molecule has 0 bridgehead atoms. The van der Waals surface area contributed by atoms with Crippen LogP contribution in [0.4, 0.5) is 5.13 Å². The van der Waals surface area contributed by atoms with Crippen LogP contribution in [0.1, 0.15) is 16.4 Å². The van der Waals surface area contributed by atoms with Crippen LogP contribution in [0.15, 0.2) is 11.2 Å². The van der Waals surface area contributed by atoms with Crippen LogP contribution in [-0.2, 0) is 4.79 Å². The van der Waals surface area contributed by atoms with Gasteiger partial charge >= 0.3 is 0 Å². The molecule has 0 aliphatic heterocycles. The first-order valence-electron chi connectivity index (χ1n) is 5.58. The van der Waals surface area contributed by atoms with Gasteiger partial charge in [0.05, 0.1) is 5.75 Å². The number of aromatic nitrogens is 4. The van der Waals surface area contributed by atoms with Gasteiger partial charge in [-0.25, -0.2) is 9.97 Å². The lowest BCUT2D eigenvalue weighted by molar-refractivity contribution is -0.113. The Morgan fingerprint density at radius 2 is 1.95 bits per heavy atom. The first-order chi connectivity index (χ1) is 9.02. The molecular weight excluding hydrogens is 282 g/mol. The van der Waals surface area contributed by atoms with Crippen molar-refractivity contribution in [3.63, 3.8) is 0 Å². The third kappa shape index (κ3) is 4.25. The second-order valence-electron chi connectivity index (χ2n) is 3.90. The van der Waals surface area contributed by atoms with Gasteiger partial charge in [0.1, 0.15) is 5.01 Å². The number of carbonyl (C=O) groups is 1. The van der Waals surface area contributed by atoms with E-state index in [2.05, 4.69) is 25.5 Å². The predicted octanol–water partition coefficient (Wildman–Crippen LogP) is 1.98. The predicted molar refractivity (Wildman–Crippen MR) is 75.5 cm³/mol. The molecule has 0 spiro atoms. The molecule has 6 nitrogen and oxygen atoms in total. The van der Waals surface area contributed by atoms with Crippen molar-refractivity contribution in [3.05, 3.63) is 22.5 Å². The number of rotatable bonds is 4. The Balaban J connectivity index is 1.89. The molecule has 8 heteroatoms. The number of carbonyl (C=O) groups excluding carboxylic acids is 1. The molecule has 0 saturated heterocycles. The molecule has 2 aromatic heterocycles. The molecule has 0 radical (unpaired) electrons. The lowest BCUT2D eigenvalue weighted by Crippen LogP contribution is -2.14. The van der Waals surface area contributed by atoms with Crippen molar-refractivity contribution in [2.45, 2.75) is 25.9 Å². The molecule has 19 heavy (non-hydrogen) atoms. The number of aryl methyl sites for hydroxylation is 3. The van der Waals surface area contributed by atoms with Gasteiger partial charge in [0.15, 0.2) is 5.16 Å². The Labute approximate surface area is 119 Å². The third-order valence-corrected chi connectivity index (χ3v) is 3.67. The fourth-order valence-electron chi connectivity index (χ4n) is 1.39. The van der Waals surface area contributed by atoms with Crippen molar-refractivity contribution in [3.8, 4) is 0 Å². The molecule has 0 aromatic carbocycles. The summed E-state index contributed by atoms with van der Waals surface area (Å²) in [6.07, 6.45) is 0. The number of hydrogen-bond donors (Lipinski definition) is 1. The van der Waals surface area contributed by atoms with E-state index in [0.717, 1.165) is 16.4 Å². The summed E-state index contributed by atoms with van der Waals surface area (Å²) in [5, 5.41) is 12.3. The minimum absolute atomic E-state index is 0.135. The first kappa shape index (κ1) is 13.9. The Bertz CT molecular complexity index is 578. The molecule has 100 valence electrons. The molecule has 1 N–H and O–H groups in total. The van der Waals surface area contributed by atoms with Gasteiger partial charge in [-0.3, -0.25) is 10.1 Å². The molecule has 0 unspecified atom stereocenters. The zero-order chi connectivity index (χ0) is 13.8. The molecule has 0 saturated carbocycles. The van der Waals surface area contributed by atoms with Gasteiger partial charge in [0.2, 0.25) is 11.0 Å². The van der Waals surface area contributed by atoms with Crippen LogP contribution in [-0.4, -0.2) is 31.8 Å². The van der Waals surface area contributed by atoms with Gasteiger partial charge in [-0.15, -0.1) is 10.2 Å². The molecule has 0 atom stereocenters. The van der Waals surface area contributed by atoms with Crippen LogP contribution >= 0.6 is 23.1 Å². The lowest BCUT2D eigenvalue weighted by Gasteiger charge is -2.02. The second-order valence-corrected chi connectivity index (χ2v) is 6.02. The average molecular weight is 295 g/mol. The number of amides is 1. The summed E-state index contributed by atoms with van der Waals surface area (Å²) < 4.78 is 0. The number of nitrogens with zero attached hydrogens (tertiary/aromatic N) is 4. The minimum Gasteiger partial charge on any atom is -0.300 e. The van der Waals surface area contributed by atoms with Crippen LogP contribution in [0.25, 0.3) is 0 Å². The first-order valence-corrected chi connectivity index (χ1v) is 7.38. The SMILES string of the molecule is Cc1cc(C)nc(SCC(=O)Nc2nnc(C)s2)n1. The number of anilines is 1. The monoisotopic (exact) mass is 295 g/mol. The van der Waals surface area contributed by atoms with Crippen molar-refractivity contribution in [2.24, 2.45) is 0 Å². The molecular formula is C11H13N5OS2. The second kappa shape index (κ2) is 6.07. The van der Waals surface area contributed by atoms with E-state index in [4.69, 9.17) is 0 Å². The molecule has 0 fully saturated rings. The molecule has 0 aliphatic rings. The third-order valence-electron chi connectivity index (χ3n) is 2.07. The smallest absolute Gasteiger partial charge is 0.236 e. The zero-order valence-electron chi connectivity index (χ0n) is 10.8. The maximum Gasteiger partial charge on any atom is 0.236 e. The maximum atomic E-state index is 11.7. The lowest BCUT2D eigenvalue weighted by atomic mass is 10.4. The maximum absolute atomic E-state index is 11.7. The van der Waals surface area contributed by atoms with E-state index in [0.29, 0.717) is 10.3 Å².